The van der Waals surface area contributed by atoms with Gasteiger partial charge in [-0.3, -0.25) is 4.79 Å². The Hall–Kier alpha value is -3.04. The summed E-state index contributed by atoms with van der Waals surface area (Å²) in [4.78, 5) is 14.0. The lowest BCUT2D eigenvalue weighted by molar-refractivity contribution is 0.103. The molecule has 0 spiro atoms. The number of rotatable bonds is 4. The van der Waals surface area contributed by atoms with Gasteiger partial charge in [-0.1, -0.05) is 12.1 Å². The van der Waals surface area contributed by atoms with Gasteiger partial charge in [-0.15, -0.1) is 11.3 Å². The molecule has 0 saturated heterocycles. The summed E-state index contributed by atoms with van der Waals surface area (Å²) < 4.78 is 38.8. The number of hydrogen-bond donors (Lipinski definition) is 1. The third kappa shape index (κ3) is 3.66. The van der Waals surface area contributed by atoms with Gasteiger partial charge in [-0.25, -0.2) is 17.5 Å². The molecule has 0 atom stereocenters. The molecule has 0 fully saturated rings. The van der Waals surface area contributed by atoms with Crippen molar-refractivity contribution in [2.45, 2.75) is 11.8 Å². The molecule has 1 N–H and O–H groups in total. The number of aryl methyl sites for hydroxylation is 1. The van der Waals surface area contributed by atoms with Gasteiger partial charge in [-0.2, -0.15) is 5.10 Å². The maximum absolute atomic E-state index is 13.2. The average Bonchev–Trinajstić information content (AvgIpc) is 3.23. The van der Waals surface area contributed by atoms with Gasteiger partial charge in [0.2, 0.25) is 0 Å². The van der Waals surface area contributed by atoms with Crippen LogP contribution in [0.25, 0.3) is 15.9 Å². The van der Waals surface area contributed by atoms with Crippen molar-refractivity contribution >= 4 is 43.0 Å². The van der Waals surface area contributed by atoms with Gasteiger partial charge in [0.05, 0.1) is 26.8 Å². The highest BCUT2D eigenvalue weighted by atomic mass is 32.2. The van der Waals surface area contributed by atoms with E-state index < -0.39 is 15.7 Å². The van der Waals surface area contributed by atoms with Crippen LogP contribution in [0.1, 0.15) is 15.4 Å². The molecule has 0 saturated carbocycles. The summed E-state index contributed by atoms with van der Waals surface area (Å²) in [6.45, 7) is 1.83. The molecule has 0 bridgehead atoms. The van der Waals surface area contributed by atoms with E-state index in [0.29, 0.717) is 10.6 Å². The second kappa shape index (κ2) is 7.09. The summed E-state index contributed by atoms with van der Waals surface area (Å²) in [5.41, 5.74) is 1.64. The number of fused-ring (bicyclic) bond motifs is 1. The number of carbonyl (C=O) groups is 1. The second-order valence-corrected chi connectivity index (χ2v) is 9.54. The highest BCUT2D eigenvalue weighted by molar-refractivity contribution is 7.90. The van der Waals surface area contributed by atoms with Gasteiger partial charge in [-0.05, 0) is 49.4 Å². The van der Waals surface area contributed by atoms with E-state index in [2.05, 4.69) is 10.4 Å². The van der Waals surface area contributed by atoms with Crippen molar-refractivity contribution in [2.75, 3.05) is 11.6 Å². The van der Waals surface area contributed by atoms with E-state index in [1.54, 1.807) is 41.1 Å². The van der Waals surface area contributed by atoms with E-state index in [1.165, 1.54) is 29.5 Å². The average molecular weight is 429 g/mol. The highest BCUT2D eigenvalue weighted by Crippen LogP contribution is 2.31. The lowest BCUT2D eigenvalue weighted by Gasteiger charge is -2.08. The summed E-state index contributed by atoms with van der Waals surface area (Å²) in [6, 6.07) is 13.9. The number of hydrogen-bond acceptors (Lipinski definition) is 5. The lowest BCUT2D eigenvalue weighted by Crippen LogP contribution is -2.13. The van der Waals surface area contributed by atoms with Crippen LogP contribution in [0.3, 0.4) is 0 Å². The fraction of sp³-hybridized carbons (Fsp3) is 0.100. The van der Waals surface area contributed by atoms with Crippen molar-refractivity contribution in [1.29, 1.82) is 0 Å². The van der Waals surface area contributed by atoms with Gasteiger partial charge < -0.3 is 5.32 Å². The Kier molecular flexibility index (Phi) is 4.71. The largest absolute Gasteiger partial charge is 0.320 e. The molecule has 2 heterocycles. The third-order valence-electron chi connectivity index (χ3n) is 4.37. The molecule has 2 aromatic carbocycles. The number of nitrogens with zero attached hydrogens (tertiary/aromatic N) is 2. The number of carbonyl (C=O) groups excluding carboxylic acids is 1. The number of aromatic nitrogens is 2. The van der Waals surface area contributed by atoms with E-state index >= 15 is 0 Å². The zero-order valence-corrected chi connectivity index (χ0v) is 17.1. The fourth-order valence-electron chi connectivity index (χ4n) is 2.99. The van der Waals surface area contributed by atoms with Crippen LogP contribution in [0, 0.1) is 12.7 Å². The van der Waals surface area contributed by atoms with Gasteiger partial charge in [0.25, 0.3) is 5.91 Å². The van der Waals surface area contributed by atoms with Gasteiger partial charge >= 0.3 is 0 Å². The normalized spacial score (nSPS) is 11.7. The van der Waals surface area contributed by atoms with Crippen LogP contribution < -0.4 is 5.32 Å². The first kappa shape index (κ1) is 19.3. The number of amides is 1. The zero-order chi connectivity index (χ0) is 20.8. The topological polar surface area (TPSA) is 81.1 Å². The third-order valence-corrected chi connectivity index (χ3v) is 6.64. The predicted molar refractivity (Wildman–Crippen MR) is 111 cm³/mol. The summed E-state index contributed by atoms with van der Waals surface area (Å²) in [5.74, 6) is -0.753. The Morgan fingerprint density at radius 2 is 1.83 bits per heavy atom. The molecule has 2 aromatic heterocycles. The van der Waals surface area contributed by atoms with E-state index in [-0.39, 0.29) is 16.4 Å². The molecule has 1 amide bonds. The Morgan fingerprint density at radius 3 is 2.52 bits per heavy atom. The molecule has 29 heavy (non-hydrogen) atoms. The summed E-state index contributed by atoms with van der Waals surface area (Å²) >= 11 is 1.23. The fourth-order valence-corrected chi connectivity index (χ4v) is 4.92. The Morgan fingerprint density at radius 1 is 1.14 bits per heavy atom. The smallest absolute Gasteiger partial charge is 0.265 e. The first-order valence-corrected chi connectivity index (χ1v) is 11.3. The van der Waals surface area contributed by atoms with Crippen LogP contribution in [0.5, 0.6) is 0 Å². The van der Waals surface area contributed by atoms with Crippen molar-refractivity contribution in [3.8, 4) is 5.69 Å². The maximum atomic E-state index is 13.2. The predicted octanol–water partition coefficient (Wildman–Crippen LogP) is 4.19. The first-order valence-electron chi connectivity index (χ1n) is 8.59. The zero-order valence-electron chi connectivity index (χ0n) is 15.5. The van der Waals surface area contributed by atoms with Crippen molar-refractivity contribution in [1.82, 2.24) is 9.78 Å². The molecule has 148 valence electrons. The molecule has 0 aliphatic heterocycles. The second-order valence-electron chi connectivity index (χ2n) is 6.53. The van der Waals surface area contributed by atoms with Gasteiger partial charge in [0.1, 0.15) is 10.6 Å². The Balaban J connectivity index is 1.72. The lowest BCUT2D eigenvalue weighted by atomic mass is 10.3. The molecule has 0 radical (unpaired) electrons. The van der Waals surface area contributed by atoms with E-state index in [4.69, 9.17) is 0 Å². The number of para-hydroxylation sites is 1. The molecule has 0 aliphatic carbocycles. The Labute approximate surface area is 170 Å². The number of halogens is 1. The number of sulfone groups is 1. The van der Waals surface area contributed by atoms with Crippen molar-refractivity contribution < 1.29 is 17.6 Å². The quantitative estimate of drug-likeness (QED) is 0.527. The standard InChI is InChI=1S/C20H16FN3O3S2/c1-12-15-11-17(19(25)22-16-5-3-4-6-18(16)29(2,26)27)28-20(15)24(23-12)14-9-7-13(21)8-10-14/h3-11H,1-2H3,(H,22,25). The monoisotopic (exact) mass is 429 g/mol. The van der Waals surface area contributed by atoms with Gasteiger partial charge in [0, 0.05) is 11.6 Å². The van der Waals surface area contributed by atoms with Gasteiger partial charge in [0.15, 0.2) is 9.84 Å². The molecule has 0 aliphatic rings. The molecule has 4 aromatic rings. The molecule has 9 heteroatoms. The number of nitrogens with one attached hydrogen (secondary N) is 1. The van der Waals surface area contributed by atoms with E-state index in [9.17, 15) is 17.6 Å². The summed E-state index contributed by atoms with van der Waals surface area (Å²) in [5, 5.41) is 7.96. The molecule has 0 unspecified atom stereocenters. The van der Waals surface area contributed by atoms with Crippen LogP contribution >= 0.6 is 11.3 Å². The van der Waals surface area contributed by atoms with Crippen LogP contribution in [-0.2, 0) is 9.84 Å². The summed E-state index contributed by atoms with van der Waals surface area (Å²) in [7, 11) is -3.48. The van der Waals surface area contributed by atoms with Crippen molar-refractivity contribution in [3.63, 3.8) is 0 Å². The molecule has 6 nitrogen and oxygen atoms in total. The minimum absolute atomic E-state index is 0.0585. The van der Waals surface area contributed by atoms with Crippen LogP contribution in [-0.4, -0.2) is 30.4 Å². The molecule has 4 rings (SSSR count). The first-order chi connectivity index (χ1) is 13.7. The van der Waals surface area contributed by atoms with Crippen molar-refractivity contribution in [3.05, 3.63) is 71.0 Å². The SMILES string of the molecule is Cc1nn(-c2ccc(F)cc2)c2sc(C(=O)Nc3ccccc3S(C)(=O)=O)cc12. The number of thiophene rings is 1. The van der Waals surface area contributed by atoms with Crippen LogP contribution in [0.15, 0.2) is 59.5 Å². The maximum Gasteiger partial charge on any atom is 0.265 e. The van der Waals surface area contributed by atoms with E-state index in [1.807, 2.05) is 6.92 Å². The minimum Gasteiger partial charge on any atom is -0.320 e. The van der Waals surface area contributed by atoms with Crippen molar-refractivity contribution in [2.24, 2.45) is 0 Å². The van der Waals surface area contributed by atoms with Crippen LogP contribution in [0.2, 0.25) is 0 Å². The highest BCUT2D eigenvalue weighted by Gasteiger charge is 2.20. The summed E-state index contributed by atoms with van der Waals surface area (Å²) in [6.07, 6.45) is 1.10. The molecular weight excluding hydrogens is 413 g/mol. The number of anilines is 1. The minimum atomic E-state index is -3.48. The molecular formula is C20H16FN3O3S2. The Bertz CT molecular complexity index is 1340. The van der Waals surface area contributed by atoms with E-state index in [0.717, 1.165) is 22.2 Å². The van der Waals surface area contributed by atoms with Crippen LogP contribution in [0.4, 0.5) is 10.1 Å². The number of benzene rings is 2.